The molecular weight excluding hydrogens is 494 g/mol. The van der Waals surface area contributed by atoms with Crippen LogP contribution in [0.1, 0.15) is 55.8 Å². The lowest BCUT2D eigenvalue weighted by atomic mass is 9.83. The molecular formula is C30H31N5O4. The second kappa shape index (κ2) is 10.8. The Kier molecular flexibility index (Phi) is 7.33. The highest BCUT2D eigenvalue weighted by Gasteiger charge is 2.43. The van der Waals surface area contributed by atoms with Crippen molar-refractivity contribution >= 4 is 23.3 Å². The van der Waals surface area contributed by atoms with Crippen molar-refractivity contribution in [2.24, 2.45) is 0 Å². The van der Waals surface area contributed by atoms with Crippen molar-refractivity contribution in [1.29, 1.82) is 5.26 Å². The highest BCUT2D eigenvalue weighted by molar-refractivity contribution is 6.05. The summed E-state index contributed by atoms with van der Waals surface area (Å²) in [6, 6.07) is 16.7. The molecule has 1 saturated heterocycles. The molecule has 0 atom stereocenters. The molecule has 0 unspecified atom stereocenters. The molecule has 2 amide bonds. The molecule has 39 heavy (non-hydrogen) atoms. The highest BCUT2D eigenvalue weighted by Crippen LogP contribution is 2.44. The van der Waals surface area contributed by atoms with Crippen LogP contribution in [0.5, 0.6) is 0 Å². The lowest BCUT2D eigenvalue weighted by molar-refractivity contribution is -0.0741. The van der Waals surface area contributed by atoms with E-state index in [-0.39, 0.29) is 18.4 Å². The minimum absolute atomic E-state index is 0.0128. The van der Waals surface area contributed by atoms with Gasteiger partial charge in [-0.05, 0) is 72.9 Å². The van der Waals surface area contributed by atoms with Crippen molar-refractivity contribution in [1.82, 2.24) is 9.88 Å². The number of anilines is 2. The Bertz CT molecular complexity index is 1440. The van der Waals surface area contributed by atoms with E-state index in [1.807, 2.05) is 43.1 Å². The molecule has 3 heterocycles. The third-order valence-electron chi connectivity index (χ3n) is 7.66. The summed E-state index contributed by atoms with van der Waals surface area (Å²) in [4.78, 5) is 34.3. The Balaban J connectivity index is 1.25. The van der Waals surface area contributed by atoms with Crippen LogP contribution in [0.4, 0.5) is 11.5 Å². The molecule has 1 spiro atoms. The summed E-state index contributed by atoms with van der Waals surface area (Å²) < 4.78 is 6.22. The number of piperidine rings is 1. The van der Waals surface area contributed by atoms with E-state index in [1.165, 1.54) is 6.20 Å². The number of fused-ring (bicyclic) bond motifs is 2. The van der Waals surface area contributed by atoms with E-state index in [0.29, 0.717) is 67.3 Å². The van der Waals surface area contributed by atoms with E-state index in [0.717, 1.165) is 16.7 Å². The Morgan fingerprint density at radius 2 is 1.92 bits per heavy atom. The van der Waals surface area contributed by atoms with Gasteiger partial charge in [-0.2, -0.15) is 5.26 Å². The Morgan fingerprint density at radius 3 is 2.62 bits per heavy atom. The fourth-order valence-corrected chi connectivity index (χ4v) is 5.28. The van der Waals surface area contributed by atoms with E-state index in [4.69, 9.17) is 9.84 Å². The highest BCUT2D eigenvalue weighted by atomic mass is 16.5. The predicted octanol–water partition coefficient (Wildman–Crippen LogP) is 3.60. The SMILES string of the molecule is Cc1ccc(C(=O)N2CCC3(CC2)OCc2cc(C#N)ccc23)cc1NC(=O)c1ccc(N(C)CCO)nc1. The van der Waals surface area contributed by atoms with E-state index in [9.17, 15) is 14.9 Å². The van der Waals surface area contributed by atoms with E-state index >= 15 is 0 Å². The standard InChI is InChI=1S/C30H31N5O4/c1-20-3-5-22(16-26(20)33-28(37)23-6-8-27(32-18-23)34(2)13-14-36)29(38)35-11-9-30(10-12-35)25-7-4-21(17-31)15-24(25)19-39-30/h3-8,15-16,18,36H,9-14,19H2,1-2H3,(H,33,37). The van der Waals surface area contributed by atoms with Gasteiger partial charge in [0.1, 0.15) is 5.82 Å². The van der Waals surface area contributed by atoms with Crippen molar-refractivity contribution in [3.63, 3.8) is 0 Å². The smallest absolute Gasteiger partial charge is 0.257 e. The van der Waals surface area contributed by atoms with Crippen LogP contribution < -0.4 is 10.2 Å². The number of hydrogen-bond acceptors (Lipinski definition) is 7. The van der Waals surface area contributed by atoms with Gasteiger partial charge in [-0.25, -0.2) is 4.98 Å². The maximum atomic E-state index is 13.4. The number of amides is 2. The fraction of sp³-hybridized carbons (Fsp3) is 0.333. The number of aliphatic hydroxyl groups is 1. The first-order valence-electron chi connectivity index (χ1n) is 13.0. The van der Waals surface area contributed by atoms with Crippen molar-refractivity contribution < 1.29 is 19.4 Å². The first-order valence-corrected chi connectivity index (χ1v) is 13.0. The predicted molar refractivity (Wildman–Crippen MR) is 146 cm³/mol. The lowest BCUT2D eigenvalue weighted by Crippen LogP contribution is -2.45. The van der Waals surface area contributed by atoms with Crippen molar-refractivity contribution in [2.45, 2.75) is 32.0 Å². The lowest BCUT2D eigenvalue weighted by Gasteiger charge is -2.39. The number of rotatable bonds is 6. The van der Waals surface area contributed by atoms with Gasteiger partial charge in [-0.1, -0.05) is 12.1 Å². The molecule has 2 aliphatic rings. The number of ether oxygens (including phenoxy) is 1. The van der Waals surface area contributed by atoms with Gasteiger partial charge < -0.3 is 25.0 Å². The number of benzene rings is 2. The zero-order chi connectivity index (χ0) is 27.6. The van der Waals surface area contributed by atoms with Gasteiger partial charge in [-0.3, -0.25) is 9.59 Å². The van der Waals surface area contributed by atoms with Crippen LogP contribution in [0, 0.1) is 18.3 Å². The molecule has 9 heteroatoms. The van der Waals surface area contributed by atoms with Crippen molar-refractivity contribution in [2.75, 3.05) is 43.5 Å². The molecule has 1 fully saturated rings. The third kappa shape index (κ3) is 5.21. The minimum atomic E-state index is -0.414. The zero-order valence-electron chi connectivity index (χ0n) is 22.1. The first kappa shape index (κ1) is 26.4. The second-order valence-electron chi connectivity index (χ2n) is 10.1. The van der Waals surface area contributed by atoms with Crippen molar-refractivity contribution in [3.05, 3.63) is 88.1 Å². The Hall–Kier alpha value is -4.26. The average Bonchev–Trinajstić information content (AvgIpc) is 3.31. The molecule has 200 valence electrons. The number of aromatic nitrogens is 1. The van der Waals surface area contributed by atoms with Gasteiger partial charge in [0.05, 0.1) is 36.0 Å². The molecule has 3 aromatic rings. The maximum absolute atomic E-state index is 13.4. The molecule has 5 rings (SSSR count). The molecule has 9 nitrogen and oxygen atoms in total. The minimum Gasteiger partial charge on any atom is -0.395 e. The van der Waals surface area contributed by atoms with Crippen LogP contribution >= 0.6 is 0 Å². The van der Waals surface area contributed by atoms with E-state index < -0.39 is 5.60 Å². The quantitative estimate of drug-likeness (QED) is 0.505. The van der Waals surface area contributed by atoms with Gasteiger partial charge in [0.25, 0.3) is 11.8 Å². The summed E-state index contributed by atoms with van der Waals surface area (Å²) in [5.74, 6) is 0.255. The summed E-state index contributed by atoms with van der Waals surface area (Å²) in [6.45, 7) is 3.93. The number of nitriles is 1. The number of hydrogen-bond donors (Lipinski definition) is 2. The fourth-order valence-electron chi connectivity index (χ4n) is 5.28. The molecule has 1 aromatic heterocycles. The van der Waals surface area contributed by atoms with E-state index in [2.05, 4.69) is 16.4 Å². The number of likely N-dealkylation sites (N-methyl/N-ethyl adjacent to an activating group) is 1. The summed E-state index contributed by atoms with van der Waals surface area (Å²) in [6.07, 6.45) is 2.87. The normalized spacial score (nSPS) is 15.5. The number of aliphatic hydroxyl groups excluding tert-OH is 1. The van der Waals surface area contributed by atoms with Crippen LogP contribution in [0.3, 0.4) is 0 Å². The van der Waals surface area contributed by atoms with Crippen LogP contribution in [0.2, 0.25) is 0 Å². The maximum Gasteiger partial charge on any atom is 0.257 e. The van der Waals surface area contributed by atoms with Gasteiger partial charge in [0.15, 0.2) is 0 Å². The van der Waals surface area contributed by atoms with E-state index in [1.54, 1.807) is 29.2 Å². The molecule has 0 aliphatic carbocycles. The Morgan fingerprint density at radius 1 is 1.15 bits per heavy atom. The van der Waals surface area contributed by atoms with Crippen LogP contribution in [0.15, 0.2) is 54.7 Å². The third-order valence-corrected chi connectivity index (χ3v) is 7.66. The van der Waals surface area contributed by atoms with Crippen LogP contribution in [-0.4, -0.2) is 60.1 Å². The summed E-state index contributed by atoms with van der Waals surface area (Å²) in [5.41, 5.74) is 4.71. The Labute approximate surface area is 227 Å². The summed E-state index contributed by atoms with van der Waals surface area (Å²) in [7, 11) is 1.82. The van der Waals surface area contributed by atoms with Gasteiger partial charge >= 0.3 is 0 Å². The summed E-state index contributed by atoms with van der Waals surface area (Å²) in [5, 5.41) is 21.2. The van der Waals surface area contributed by atoms with Gasteiger partial charge in [0, 0.05) is 44.1 Å². The van der Waals surface area contributed by atoms with Crippen LogP contribution in [0.25, 0.3) is 0 Å². The number of nitrogens with zero attached hydrogens (tertiary/aromatic N) is 4. The molecule has 0 saturated carbocycles. The number of nitrogens with one attached hydrogen (secondary N) is 1. The van der Waals surface area contributed by atoms with Gasteiger partial charge in [0.2, 0.25) is 0 Å². The largest absolute Gasteiger partial charge is 0.395 e. The molecule has 2 N–H and O–H groups in total. The number of carbonyl (C=O) groups is 2. The topological polar surface area (TPSA) is 119 Å². The summed E-state index contributed by atoms with van der Waals surface area (Å²) >= 11 is 0. The number of carbonyl (C=O) groups excluding carboxylic acids is 2. The number of aryl methyl sites for hydroxylation is 1. The monoisotopic (exact) mass is 525 g/mol. The molecule has 2 aliphatic heterocycles. The molecule has 0 bridgehead atoms. The molecule has 2 aromatic carbocycles. The zero-order valence-corrected chi connectivity index (χ0v) is 22.1. The van der Waals surface area contributed by atoms with Crippen LogP contribution in [-0.2, 0) is 16.9 Å². The number of likely N-dealkylation sites (tertiary alicyclic amines) is 1. The molecule has 0 radical (unpaired) electrons. The number of pyridine rings is 1. The van der Waals surface area contributed by atoms with Gasteiger partial charge in [-0.15, -0.1) is 0 Å². The first-order chi connectivity index (χ1) is 18.8. The van der Waals surface area contributed by atoms with Crippen molar-refractivity contribution in [3.8, 4) is 6.07 Å². The average molecular weight is 526 g/mol. The second-order valence-corrected chi connectivity index (χ2v) is 10.1.